The third kappa shape index (κ3) is 5.02. The molecule has 0 bridgehead atoms. The van der Waals surface area contributed by atoms with Gasteiger partial charge in [0.05, 0.1) is 33.3 Å². The van der Waals surface area contributed by atoms with Crippen LogP contribution in [-0.4, -0.2) is 19.1 Å². The molecule has 0 amide bonds. The lowest BCUT2D eigenvalue weighted by Crippen LogP contribution is -2.03. The van der Waals surface area contributed by atoms with E-state index in [0.717, 1.165) is 66.0 Å². The van der Waals surface area contributed by atoms with Crippen LogP contribution in [0.4, 0.5) is 0 Å². The number of fused-ring (bicyclic) bond motifs is 9. The van der Waals surface area contributed by atoms with Crippen LogP contribution in [0.5, 0.6) is 0 Å². The highest BCUT2D eigenvalue weighted by molar-refractivity contribution is 6.13. The molecule has 0 N–H and O–H groups in total. The van der Waals surface area contributed by atoms with E-state index in [-0.39, 0.29) is 0 Å². The summed E-state index contributed by atoms with van der Waals surface area (Å²) in [6, 6.07) is 73.8. The van der Waals surface area contributed by atoms with Gasteiger partial charge in [-0.25, -0.2) is 9.97 Å². The van der Waals surface area contributed by atoms with E-state index in [1.807, 2.05) is 0 Å². The van der Waals surface area contributed by atoms with E-state index in [9.17, 15) is 0 Å². The van der Waals surface area contributed by atoms with Gasteiger partial charge in [0, 0.05) is 43.6 Å². The topological polar surface area (TPSA) is 35.6 Å². The Balaban J connectivity index is 1.06. The Kier molecular flexibility index (Phi) is 7.20. The highest BCUT2D eigenvalue weighted by Gasteiger charge is 2.20. The molecule has 0 saturated heterocycles. The summed E-state index contributed by atoms with van der Waals surface area (Å²) >= 11 is 0. The number of hydrogen-bond acceptors (Lipinski definition) is 2. The maximum Gasteiger partial charge on any atom is 0.235 e. The summed E-state index contributed by atoms with van der Waals surface area (Å²) in [5.74, 6) is 0.652. The van der Waals surface area contributed by atoms with E-state index in [4.69, 9.17) is 9.97 Å². The van der Waals surface area contributed by atoms with Crippen molar-refractivity contribution in [2.45, 2.75) is 0 Å². The van der Waals surface area contributed by atoms with Gasteiger partial charge in [0.25, 0.3) is 0 Å². The number of aromatic nitrogens is 4. The standard InChI is InChI=1S/C54H34N4/c1-3-13-35(14-4-1)36-23-25-38(26-24-36)52-46-31-27-37-15-7-8-18-42(37)53(46)56-54(55-52)58-49-22-12-10-20-44(49)47-33-39(29-32-50(47)58)40-28-30-45-43-19-9-11-21-48(43)57(51(45)34-40)41-16-5-2-6-17-41/h1-34H. The molecule has 12 aromatic rings. The Labute approximate surface area is 334 Å². The van der Waals surface area contributed by atoms with Crippen LogP contribution in [0.2, 0.25) is 0 Å². The Hall–Kier alpha value is -7.82. The smallest absolute Gasteiger partial charge is 0.235 e. The lowest BCUT2D eigenvalue weighted by Gasteiger charge is -2.14. The average Bonchev–Trinajstić information content (AvgIpc) is 3.81. The zero-order valence-corrected chi connectivity index (χ0v) is 31.4. The quantitative estimate of drug-likeness (QED) is 0.165. The van der Waals surface area contributed by atoms with E-state index in [2.05, 4.69) is 215 Å². The van der Waals surface area contributed by atoms with E-state index >= 15 is 0 Å². The summed E-state index contributed by atoms with van der Waals surface area (Å²) in [5.41, 5.74) is 13.3. The molecule has 58 heavy (non-hydrogen) atoms. The summed E-state index contributed by atoms with van der Waals surface area (Å²) in [6.07, 6.45) is 0. The van der Waals surface area contributed by atoms with Gasteiger partial charge in [0.1, 0.15) is 0 Å². The molecule has 270 valence electrons. The first-order valence-corrected chi connectivity index (χ1v) is 19.7. The summed E-state index contributed by atoms with van der Waals surface area (Å²) in [4.78, 5) is 10.9. The van der Waals surface area contributed by atoms with Crippen LogP contribution in [0.3, 0.4) is 0 Å². The lowest BCUT2D eigenvalue weighted by atomic mass is 9.99. The molecule has 3 aromatic heterocycles. The molecule has 0 aliphatic rings. The third-order valence-electron chi connectivity index (χ3n) is 11.7. The SMILES string of the molecule is c1ccc(-c2ccc(-c3nc(-n4c5ccccc5c5cc(-c6ccc7c8ccccc8n(-c8ccccc8)c7c6)ccc54)nc4c3ccc3ccccc34)cc2)cc1. The van der Waals surface area contributed by atoms with Gasteiger partial charge < -0.3 is 4.57 Å². The number of nitrogens with zero attached hydrogens (tertiary/aromatic N) is 4. The van der Waals surface area contributed by atoms with Crippen LogP contribution in [-0.2, 0) is 0 Å². The van der Waals surface area contributed by atoms with Crippen molar-refractivity contribution < 1.29 is 0 Å². The van der Waals surface area contributed by atoms with Gasteiger partial charge in [-0.2, -0.15) is 0 Å². The molecular formula is C54H34N4. The Morgan fingerprint density at radius 2 is 0.828 bits per heavy atom. The largest absolute Gasteiger partial charge is 0.309 e. The van der Waals surface area contributed by atoms with E-state index < -0.39 is 0 Å². The van der Waals surface area contributed by atoms with E-state index in [0.29, 0.717) is 5.95 Å². The monoisotopic (exact) mass is 738 g/mol. The number of para-hydroxylation sites is 3. The van der Waals surface area contributed by atoms with Crippen molar-refractivity contribution in [3.05, 3.63) is 206 Å². The molecule has 4 nitrogen and oxygen atoms in total. The molecular weight excluding hydrogens is 705 g/mol. The number of benzene rings is 9. The van der Waals surface area contributed by atoms with Crippen molar-refractivity contribution in [2.24, 2.45) is 0 Å². The average molecular weight is 739 g/mol. The van der Waals surface area contributed by atoms with Gasteiger partial charge in [-0.1, -0.05) is 158 Å². The van der Waals surface area contributed by atoms with Crippen LogP contribution in [0.15, 0.2) is 206 Å². The summed E-state index contributed by atoms with van der Waals surface area (Å²) in [5, 5.41) is 8.11. The van der Waals surface area contributed by atoms with Crippen molar-refractivity contribution in [1.82, 2.24) is 19.1 Å². The van der Waals surface area contributed by atoms with Crippen LogP contribution < -0.4 is 0 Å². The molecule has 9 aromatic carbocycles. The van der Waals surface area contributed by atoms with E-state index in [1.54, 1.807) is 0 Å². The van der Waals surface area contributed by atoms with Gasteiger partial charge >= 0.3 is 0 Å². The minimum Gasteiger partial charge on any atom is -0.309 e. The number of hydrogen-bond donors (Lipinski definition) is 0. The zero-order chi connectivity index (χ0) is 38.2. The zero-order valence-electron chi connectivity index (χ0n) is 31.4. The fourth-order valence-corrected chi connectivity index (χ4v) is 9.00. The molecule has 3 heterocycles. The third-order valence-corrected chi connectivity index (χ3v) is 11.7. The minimum absolute atomic E-state index is 0.652. The predicted octanol–water partition coefficient (Wildman–Crippen LogP) is 14.0. The second-order valence-electron chi connectivity index (χ2n) is 15.0. The molecule has 0 atom stereocenters. The fraction of sp³-hybridized carbons (Fsp3) is 0. The molecule has 0 aliphatic heterocycles. The Bertz CT molecular complexity index is 3540. The first-order chi connectivity index (χ1) is 28.8. The van der Waals surface area contributed by atoms with Crippen molar-refractivity contribution in [1.29, 1.82) is 0 Å². The molecule has 0 radical (unpaired) electrons. The maximum atomic E-state index is 5.45. The van der Waals surface area contributed by atoms with Gasteiger partial charge in [0.15, 0.2) is 0 Å². The van der Waals surface area contributed by atoms with Crippen molar-refractivity contribution in [2.75, 3.05) is 0 Å². The van der Waals surface area contributed by atoms with Crippen molar-refractivity contribution >= 4 is 65.3 Å². The van der Waals surface area contributed by atoms with Gasteiger partial charge in [-0.05, 0) is 76.2 Å². The van der Waals surface area contributed by atoms with Crippen molar-refractivity contribution in [3.8, 4) is 45.1 Å². The lowest BCUT2D eigenvalue weighted by molar-refractivity contribution is 1.02. The van der Waals surface area contributed by atoms with Gasteiger partial charge in [-0.3, -0.25) is 4.57 Å². The maximum absolute atomic E-state index is 5.45. The summed E-state index contributed by atoms with van der Waals surface area (Å²) in [7, 11) is 0. The van der Waals surface area contributed by atoms with Crippen LogP contribution in [0.25, 0.3) is 110 Å². The van der Waals surface area contributed by atoms with Gasteiger partial charge in [0.2, 0.25) is 5.95 Å². The summed E-state index contributed by atoms with van der Waals surface area (Å²) < 4.78 is 4.63. The molecule has 0 fully saturated rings. The molecule has 12 rings (SSSR count). The highest BCUT2D eigenvalue weighted by atomic mass is 15.2. The molecule has 0 saturated carbocycles. The second-order valence-corrected chi connectivity index (χ2v) is 15.0. The van der Waals surface area contributed by atoms with Crippen molar-refractivity contribution in [3.63, 3.8) is 0 Å². The first kappa shape index (κ1) is 32.4. The summed E-state index contributed by atoms with van der Waals surface area (Å²) in [6.45, 7) is 0. The first-order valence-electron chi connectivity index (χ1n) is 19.7. The second kappa shape index (κ2) is 12.9. The van der Waals surface area contributed by atoms with Crippen LogP contribution in [0.1, 0.15) is 0 Å². The fourth-order valence-electron chi connectivity index (χ4n) is 9.00. The van der Waals surface area contributed by atoms with E-state index in [1.165, 1.54) is 38.5 Å². The molecule has 0 unspecified atom stereocenters. The van der Waals surface area contributed by atoms with Crippen LogP contribution in [0, 0.1) is 0 Å². The van der Waals surface area contributed by atoms with Gasteiger partial charge in [-0.15, -0.1) is 0 Å². The predicted molar refractivity (Wildman–Crippen MR) is 242 cm³/mol. The molecule has 0 aliphatic carbocycles. The number of rotatable bonds is 5. The molecule has 4 heteroatoms. The normalized spacial score (nSPS) is 11.8. The molecule has 0 spiro atoms. The highest BCUT2D eigenvalue weighted by Crippen LogP contribution is 2.39. The minimum atomic E-state index is 0.652. The Morgan fingerprint density at radius 3 is 1.62 bits per heavy atom. The van der Waals surface area contributed by atoms with Crippen LogP contribution >= 0.6 is 0 Å². The Morgan fingerprint density at radius 1 is 0.293 bits per heavy atom.